The van der Waals surface area contributed by atoms with Gasteiger partial charge in [0, 0.05) is 50.7 Å². The fourth-order valence-electron chi connectivity index (χ4n) is 3.69. The van der Waals surface area contributed by atoms with Crippen LogP contribution in [-0.4, -0.2) is 44.8 Å². The second-order valence-corrected chi connectivity index (χ2v) is 7.12. The van der Waals surface area contributed by atoms with Crippen LogP contribution in [0.3, 0.4) is 0 Å². The fourth-order valence-corrected chi connectivity index (χ4v) is 4.02. The van der Waals surface area contributed by atoms with Crippen molar-refractivity contribution in [1.29, 1.82) is 0 Å². The predicted molar refractivity (Wildman–Crippen MR) is 112 cm³/mol. The molecule has 0 radical (unpaired) electrons. The van der Waals surface area contributed by atoms with E-state index in [9.17, 15) is 0 Å². The van der Waals surface area contributed by atoms with Crippen LogP contribution in [0.5, 0.6) is 0 Å². The molecule has 4 rings (SSSR count). The highest BCUT2D eigenvalue weighted by atomic mass is 32.1. The molecule has 1 fully saturated rings. The van der Waals surface area contributed by atoms with Crippen molar-refractivity contribution >= 4 is 17.3 Å². The van der Waals surface area contributed by atoms with Crippen molar-refractivity contribution in [2.45, 2.75) is 18.6 Å². The summed E-state index contributed by atoms with van der Waals surface area (Å²) in [6.45, 7) is 2.08. The van der Waals surface area contributed by atoms with E-state index in [1.807, 2.05) is 36.7 Å². The molecular formula is C21H23N5OS. The number of nitrogens with one attached hydrogen (secondary N) is 1. The summed E-state index contributed by atoms with van der Waals surface area (Å²) in [5, 5.41) is 4.20. The smallest absolute Gasteiger partial charge is 0.170 e. The standard InChI is InChI=1S/C21H23N5OS/c1-27-13-12-26-20(19(24-21(26)28)17-7-2-3-10-23-17)18-8-5-11-25(18)15-16-6-4-9-22-14-16/h2-11,14,19-20H,12-13,15H2,1H3,(H,24,28)/t19-,20+/m1/s1. The molecule has 7 heteroatoms. The SMILES string of the molecule is COCCN1C(=S)N[C@H](c2ccccn2)[C@@H]1c1cccn1Cc1cccnc1. The van der Waals surface area contributed by atoms with Gasteiger partial charge < -0.3 is 19.5 Å². The summed E-state index contributed by atoms with van der Waals surface area (Å²) < 4.78 is 7.58. The lowest BCUT2D eigenvalue weighted by Gasteiger charge is -2.28. The van der Waals surface area contributed by atoms with Crippen LogP contribution < -0.4 is 5.32 Å². The lowest BCUT2D eigenvalue weighted by Crippen LogP contribution is -2.33. The summed E-state index contributed by atoms with van der Waals surface area (Å²) in [4.78, 5) is 11.0. The van der Waals surface area contributed by atoms with Gasteiger partial charge in [-0.2, -0.15) is 0 Å². The van der Waals surface area contributed by atoms with Crippen LogP contribution in [-0.2, 0) is 11.3 Å². The minimum atomic E-state index is -0.0203. The predicted octanol–water partition coefficient (Wildman–Crippen LogP) is 2.95. The van der Waals surface area contributed by atoms with Gasteiger partial charge in [-0.15, -0.1) is 0 Å². The molecule has 0 unspecified atom stereocenters. The van der Waals surface area contributed by atoms with E-state index in [4.69, 9.17) is 17.0 Å². The summed E-state index contributed by atoms with van der Waals surface area (Å²) in [5.41, 5.74) is 3.32. The summed E-state index contributed by atoms with van der Waals surface area (Å²) in [6, 6.07) is 14.3. The first-order chi connectivity index (χ1) is 13.8. The van der Waals surface area contributed by atoms with Crippen molar-refractivity contribution in [2.75, 3.05) is 20.3 Å². The van der Waals surface area contributed by atoms with Crippen LogP contribution in [0.2, 0.25) is 0 Å². The van der Waals surface area contributed by atoms with Gasteiger partial charge in [0.15, 0.2) is 5.11 Å². The Morgan fingerprint density at radius 3 is 2.82 bits per heavy atom. The number of hydrogen-bond donors (Lipinski definition) is 1. The Hall–Kier alpha value is -2.77. The van der Waals surface area contributed by atoms with Crippen LogP contribution in [0.4, 0.5) is 0 Å². The molecule has 1 N–H and O–H groups in total. The second-order valence-electron chi connectivity index (χ2n) is 6.74. The number of methoxy groups -OCH3 is 1. The van der Waals surface area contributed by atoms with Gasteiger partial charge >= 0.3 is 0 Å². The van der Waals surface area contributed by atoms with Crippen LogP contribution in [0.15, 0.2) is 67.3 Å². The molecule has 0 aliphatic carbocycles. The van der Waals surface area contributed by atoms with Crippen molar-refractivity contribution in [3.8, 4) is 0 Å². The van der Waals surface area contributed by atoms with E-state index in [-0.39, 0.29) is 12.1 Å². The largest absolute Gasteiger partial charge is 0.383 e. The topological polar surface area (TPSA) is 55.2 Å². The molecule has 1 aliphatic rings. The summed E-state index contributed by atoms with van der Waals surface area (Å²) >= 11 is 5.67. The molecule has 1 aliphatic heterocycles. The Bertz CT molecular complexity index is 915. The van der Waals surface area contributed by atoms with Gasteiger partial charge in [-0.05, 0) is 48.1 Å². The van der Waals surface area contributed by atoms with E-state index >= 15 is 0 Å². The van der Waals surface area contributed by atoms with Crippen molar-refractivity contribution in [3.63, 3.8) is 0 Å². The van der Waals surface area contributed by atoms with Crippen molar-refractivity contribution < 1.29 is 4.74 Å². The second kappa shape index (κ2) is 8.50. The molecule has 144 valence electrons. The van der Waals surface area contributed by atoms with Crippen molar-refractivity contribution in [3.05, 3.63) is 84.2 Å². The number of ether oxygens (including phenoxy) is 1. The molecule has 28 heavy (non-hydrogen) atoms. The van der Waals surface area contributed by atoms with E-state index in [1.165, 1.54) is 5.69 Å². The van der Waals surface area contributed by atoms with Gasteiger partial charge in [0.05, 0.1) is 24.4 Å². The van der Waals surface area contributed by atoms with Crippen LogP contribution in [0.1, 0.15) is 29.0 Å². The molecule has 0 spiro atoms. The summed E-state index contributed by atoms with van der Waals surface area (Å²) in [7, 11) is 1.71. The Labute approximate surface area is 170 Å². The number of hydrogen-bond acceptors (Lipinski definition) is 4. The average Bonchev–Trinajstić information content (AvgIpc) is 3.31. The highest BCUT2D eigenvalue weighted by molar-refractivity contribution is 7.80. The molecular weight excluding hydrogens is 370 g/mol. The van der Waals surface area contributed by atoms with E-state index in [1.54, 1.807) is 13.3 Å². The fraction of sp³-hybridized carbons (Fsp3) is 0.286. The number of pyridine rings is 2. The van der Waals surface area contributed by atoms with Crippen LogP contribution >= 0.6 is 12.2 Å². The third-order valence-corrected chi connectivity index (χ3v) is 5.33. The Balaban J connectivity index is 1.70. The van der Waals surface area contributed by atoms with Crippen molar-refractivity contribution in [1.82, 2.24) is 24.8 Å². The normalized spacial score (nSPS) is 19.0. The highest BCUT2D eigenvalue weighted by Crippen LogP contribution is 2.38. The van der Waals surface area contributed by atoms with Gasteiger partial charge in [0.25, 0.3) is 0 Å². The zero-order valence-electron chi connectivity index (χ0n) is 15.7. The minimum Gasteiger partial charge on any atom is -0.383 e. The summed E-state index contributed by atoms with van der Waals surface area (Å²) in [5.74, 6) is 0. The first-order valence-electron chi connectivity index (χ1n) is 9.29. The molecule has 4 heterocycles. The molecule has 2 atom stereocenters. The Morgan fingerprint density at radius 2 is 2.07 bits per heavy atom. The maximum absolute atomic E-state index is 5.67. The molecule has 0 aromatic carbocycles. The minimum absolute atomic E-state index is 0.0203. The molecule has 3 aromatic rings. The molecule has 1 saturated heterocycles. The molecule has 3 aromatic heterocycles. The zero-order valence-corrected chi connectivity index (χ0v) is 16.5. The van der Waals surface area contributed by atoms with Gasteiger partial charge in [-0.1, -0.05) is 12.1 Å². The third-order valence-electron chi connectivity index (χ3n) is 4.98. The highest BCUT2D eigenvalue weighted by Gasteiger charge is 2.40. The van der Waals surface area contributed by atoms with Crippen LogP contribution in [0.25, 0.3) is 0 Å². The maximum atomic E-state index is 5.67. The van der Waals surface area contributed by atoms with Gasteiger partial charge in [0.1, 0.15) is 0 Å². The zero-order chi connectivity index (χ0) is 19.3. The van der Waals surface area contributed by atoms with Gasteiger partial charge in [-0.3, -0.25) is 9.97 Å². The Kier molecular flexibility index (Phi) is 5.64. The van der Waals surface area contributed by atoms with Gasteiger partial charge in [-0.25, -0.2) is 0 Å². The molecule has 0 amide bonds. The van der Waals surface area contributed by atoms with Crippen LogP contribution in [0, 0.1) is 0 Å². The number of nitrogens with zero attached hydrogens (tertiary/aromatic N) is 4. The quantitative estimate of drug-likeness (QED) is 0.623. The number of aromatic nitrogens is 3. The van der Waals surface area contributed by atoms with E-state index in [0.717, 1.165) is 22.9 Å². The first kappa shape index (κ1) is 18.6. The maximum Gasteiger partial charge on any atom is 0.170 e. The lowest BCUT2D eigenvalue weighted by molar-refractivity contribution is 0.162. The average molecular weight is 394 g/mol. The van der Waals surface area contributed by atoms with Gasteiger partial charge in [0.2, 0.25) is 0 Å². The number of rotatable bonds is 7. The monoisotopic (exact) mass is 393 g/mol. The molecule has 0 saturated carbocycles. The molecule has 0 bridgehead atoms. The van der Waals surface area contributed by atoms with E-state index < -0.39 is 0 Å². The molecule has 6 nitrogen and oxygen atoms in total. The third kappa shape index (κ3) is 3.76. The lowest BCUT2D eigenvalue weighted by atomic mass is 10.0. The van der Waals surface area contributed by atoms with E-state index in [2.05, 4.69) is 49.1 Å². The van der Waals surface area contributed by atoms with E-state index in [0.29, 0.717) is 13.2 Å². The summed E-state index contributed by atoms with van der Waals surface area (Å²) in [6.07, 6.45) is 7.63. The van der Waals surface area contributed by atoms with Crippen molar-refractivity contribution in [2.24, 2.45) is 0 Å². The first-order valence-corrected chi connectivity index (χ1v) is 9.69. The number of thiocarbonyl (C=S) groups is 1. The Morgan fingerprint density at radius 1 is 1.14 bits per heavy atom.